The monoisotopic (exact) mass is 162 g/mol. The maximum atomic E-state index is 11.2. The van der Waals surface area contributed by atoms with Gasteiger partial charge in [-0.1, -0.05) is 32.7 Å². The lowest BCUT2D eigenvalue weighted by atomic mass is 9.20. The summed E-state index contributed by atoms with van der Waals surface area (Å²) in [5.74, 6) is 0.0671. The zero-order valence-corrected chi connectivity index (χ0v) is 8.48. The third-order valence-electron chi connectivity index (χ3n) is 1.99. The maximum Gasteiger partial charge on any atom is 0.150 e. The maximum absolute atomic E-state index is 11.2. The van der Waals surface area contributed by atoms with Crippen LogP contribution in [0.1, 0.15) is 27.7 Å². The van der Waals surface area contributed by atoms with Gasteiger partial charge in [0.25, 0.3) is 0 Å². The number of carbonyl (C=O) groups excluding carboxylic acids is 1. The van der Waals surface area contributed by atoms with Gasteiger partial charge < -0.3 is 0 Å². The van der Waals surface area contributed by atoms with Crippen LogP contribution in [0.3, 0.4) is 0 Å². The Morgan fingerprint density at radius 3 is 2.17 bits per heavy atom. The molecule has 12 heavy (non-hydrogen) atoms. The third kappa shape index (κ3) is 3.80. The highest BCUT2D eigenvalue weighted by atomic mass is 16.1. The van der Waals surface area contributed by atoms with Gasteiger partial charge in [0.15, 0.2) is 0 Å². The van der Waals surface area contributed by atoms with E-state index in [1.807, 2.05) is 20.8 Å². The first-order chi connectivity index (χ1) is 5.25. The van der Waals surface area contributed by atoms with Crippen LogP contribution in [0.15, 0.2) is 12.2 Å². The van der Waals surface area contributed by atoms with E-state index in [4.69, 9.17) is 7.74 Å². The normalized spacial score (nSPS) is 11.0. The van der Waals surface area contributed by atoms with Gasteiger partial charge in [-0.25, -0.2) is 0 Å². The Hall–Kier alpha value is -0.460. The average Bonchev–Trinajstić information content (AvgIpc) is 1.85. The molecule has 0 fully saturated rings. The summed E-state index contributed by atoms with van der Waals surface area (Å²) in [7, 11) is 5.83. The first-order valence-electron chi connectivity index (χ1n) is 4.19. The predicted molar refractivity (Wildman–Crippen MR) is 55.9 cm³/mol. The first-order valence-corrected chi connectivity index (χ1v) is 4.19. The lowest BCUT2D eigenvalue weighted by Gasteiger charge is -2.24. The largest absolute Gasteiger partial charge is 0.295 e. The molecule has 1 nitrogen and oxygen atoms in total. The van der Waals surface area contributed by atoms with Crippen LogP contribution in [0, 0.1) is 0 Å². The number of Topliss-reactive ketones (excluding diaryl/α,β-unsaturated/α-hetero) is 1. The van der Waals surface area contributed by atoms with Crippen molar-refractivity contribution in [2.75, 3.05) is 0 Å². The topological polar surface area (TPSA) is 17.1 Å². The fourth-order valence-electron chi connectivity index (χ4n) is 0.680. The molecule has 0 heterocycles. The van der Waals surface area contributed by atoms with E-state index < -0.39 is 0 Å². The molecule has 0 aliphatic carbocycles. The Morgan fingerprint density at radius 1 is 1.50 bits per heavy atom. The van der Waals surface area contributed by atoms with E-state index in [9.17, 15) is 4.79 Å². The molecule has 0 saturated heterocycles. The van der Waals surface area contributed by atoms with E-state index in [0.717, 1.165) is 0 Å². The Balaban J connectivity index is 4.11. The molecule has 0 spiro atoms. The first kappa shape index (κ1) is 11.5. The van der Waals surface area contributed by atoms with Crippen molar-refractivity contribution in [3.63, 3.8) is 0 Å². The van der Waals surface area contributed by atoms with Crippen molar-refractivity contribution in [2.45, 2.75) is 39.3 Å². The Kier molecular flexibility index (Phi) is 3.82. The fraction of sp³-hybridized carbons (Fsp3) is 0.667. The lowest BCUT2D eigenvalue weighted by Crippen LogP contribution is -2.29. The van der Waals surface area contributed by atoms with Gasteiger partial charge >= 0.3 is 0 Å². The second-order valence-electron chi connectivity index (χ2n) is 4.38. The summed E-state index contributed by atoms with van der Waals surface area (Å²) >= 11 is 0. The number of carbonyl (C=O) groups is 1. The van der Waals surface area contributed by atoms with Crippen LogP contribution < -0.4 is 0 Å². The molecule has 0 bridgehead atoms. The minimum absolute atomic E-state index is 0.00882. The van der Waals surface area contributed by atoms with Gasteiger partial charge in [0.2, 0.25) is 0 Å². The molecule has 2 radical (unpaired) electrons. The van der Waals surface area contributed by atoms with Gasteiger partial charge in [0.05, 0.1) is 0 Å². The predicted octanol–water partition coefficient (Wildman–Crippen LogP) is 2.09. The molecule has 3 heteroatoms. The summed E-state index contributed by atoms with van der Waals surface area (Å²) in [5, 5.41) is -0.00882. The molecule has 0 unspecified atom stereocenters. The van der Waals surface area contributed by atoms with Crippen LogP contribution in [0.5, 0.6) is 0 Å². The Morgan fingerprint density at radius 2 is 1.92 bits per heavy atom. The van der Waals surface area contributed by atoms with Crippen molar-refractivity contribution in [1.82, 2.24) is 0 Å². The second-order valence-corrected chi connectivity index (χ2v) is 4.38. The summed E-state index contributed by atoms with van der Waals surface area (Å²) < 4.78 is 0. The molecule has 0 aliphatic rings. The minimum atomic E-state index is -0.0818. The van der Waals surface area contributed by atoms with Crippen LogP contribution >= 0.6 is 0 Å². The van der Waals surface area contributed by atoms with Crippen LogP contribution in [0.4, 0.5) is 0 Å². The summed E-state index contributed by atoms with van der Waals surface area (Å²) in [6, 6.07) is 0. The molecule has 64 valence electrons. The van der Waals surface area contributed by atoms with Gasteiger partial charge in [-0.3, -0.25) is 4.79 Å². The number of allylic oxidation sites excluding steroid dienone is 1. The molecule has 0 aromatic rings. The minimum Gasteiger partial charge on any atom is -0.295 e. The highest BCUT2D eigenvalue weighted by Gasteiger charge is 2.24. The van der Waals surface area contributed by atoms with Crippen molar-refractivity contribution in [3.05, 3.63) is 12.2 Å². The van der Waals surface area contributed by atoms with Crippen molar-refractivity contribution >= 4 is 20.1 Å². The van der Waals surface area contributed by atoms with Crippen LogP contribution in [-0.4, -0.2) is 20.1 Å². The molecule has 0 N–H and O–H groups in total. The van der Waals surface area contributed by atoms with Crippen LogP contribution in [0.2, 0.25) is 11.6 Å². The van der Waals surface area contributed by atoms with E-state index in [-0.39, 0.29) is 17.7 Å². The van der Waals surface area contributed by atoms with Gasteiger partial charge in [0, 0.05) is 7.74 Å². The number of rotatable bonds is 3. The standard InChI is InChI=1S/C9H16B2O/c1-7(2)8(12)6-11(10)9(3,4)5/h1,6H2,2-5H3. The van der Waals surface area contributed by atoms with Gasteiger partial charge in [-0.05, 0) is 18.8 Å². The number of hydrogen-bond donors (Lipinski definition) is 0. The quantitative estimate of drug-likeness (QED) is 0.458. The smallest absolute Gasteiger partial charge is 0.150 e. The molecule has 0 atom stereocenters. The summed E-state index contributed by atoms with van der Waals surface area (Å²) in [5.41, 5.74) is 0.592. The van der Waals surface area contributed by atoms with E-state index in [1.54, 1.807) is 6.92 Å². The fourth-order valence-corrected chi connectivity index (χ4v) is 0.680. The summed E-state index contributed by atoms with van der Waals surface area (Å²) in [4.78, 5) is 11.2. The molecule has 0 aromatic carbocycles. The summed E-state index contributed by atoms with van der Waals surface area (Å²) in [6.45, 7) is 11.3. The molecule has 0 aliphatic heterocycles. The SMILES string of the molecule is [B]B(CC(=O)C(=C)C)C(C)(C)C. The summed E-state index contributed by atoms with van der Waals surface area (Å²) in [6.07, 6.45) is 0.402. The highest BCUT2D eigenvalue weighted by Crippen LogP contribution is 2.27. The number of hydrogen-bond acceptors (Lipinski definition) is 1. The molecule has 0 aromatic heterocycles. The Bertz CT molecular complexity index is 191. The molecule has 0 rings (SSSR count). The van der Waals surface area contributed by atoms with E-state index in [0.29, 0.717) is 11.9 Å². The molecular weight excluding hydrogens is 146 g/mol. The zero-order valence-electron chi connectivity index (χ0n) is 8.48. The lowest BCUT2D eigenvalue weighted by molar-refractivity contribution is -0.113. The van der Waals surface area contributed by atoms with Crippen molar-refractivity contribution in [3.8, 4) is 0 Å². The average molecular weight is 162 g/mol. The van der Waals surface area contributed by atoms with Crippen LogP contribution in [-0.2, 0) is 4.79 Å². The van der Waals surface area contributed by atoms with Gasteiger partial charge in [-0.2, -0.15) is 0 Å². The highest BCUT2D eigenvalue weighted by molar-refractivity contribution is 7.06. The molecular formula is C9H16B2O. The van der Waals surface area contributed by atoms with Gasteiger partial charge in [-0.15, -0.1) is 0 Å². The van der Waals surface area contributed by atoms with E-state index in [2.05, 4.69) is 6.58 Å². The van der Waals surface area contributed by atoms with Crippen molar-refractivity contribution < 1.29 is 4.79 Å². The zero-order chi connectivity index (χ0) is 9.94. The van der Waals surface area contributed by atoms with Crippen LogP contribution in [0.25, 0.3) is 0 Å². The number of ketones is 1. The van der Waals surface area contributed by atoms with Crippen molar-refractivity contribution in [1.29, 1.82) is 0 Å². The Labute approximate surface area is 77.1 Å². The third-order valence-corrected chi connectivity index (χ3v) is 1.99. The van der Waals surface area contributed by atoms with E-state index in [1.165, 1.54) is 0 Å². The van der Waals surface area contributed by atoms with Gasteiger partial charge in [0.1, 0.15) is 12.4 Å². The molecule has 0 saturated carbocycles. The second kappa shape index (κ2) is 3.97. The van der Waals surface area contributed by atoms with E-state index >= 15 is 0 Å². The van der Waals surface area contributed by atoms with Crippen molar-refractivity contribution in [2.24, 2.45) is 0 Å². The molecule has 0 amide bonds.